The normalized spacial score (nSPS) is 16.6. The number of carbonyl (C=O) groups is 3. The minimum absolute atomic E-state index is 0.0389. The summed E-state index contributed by atoms with van der Waals surface area (Å²) in [4.78, 5) is 40.4. The van der Waals surface area contributed by atoms with Crippen molar-refractivity contribution in [2.75, 3.05) is 27.3 Å². The Kier molecular flexibility index (Phi) is 6.60. The summed E-state index contributed by atoms with van der Waals surface area (Å²) in [6.07, 6.45) is 3.16. The lowest BCUT2D eigenvalue weighted by molar-refractivity contribution is -0.129. The van der Waals surface area contributed by atoms with Gasteiger partial charge >= 0.3 is 5.97 Å². The fraction of sp³-hybridized carbons (Fsp3) is 0.375. The second-order valence-electron chi connectivity index (χ2n) is 8.52. The van der Waals surface area contributed by atoms with Crippen LogP contribution in [0.15, 0.2) is 48.5 Å². The Morgan fingerprint density at radius 2 is 1.85 bits per heavy atom. The van der Waals surface area contributed by atoms with Gasteiger partial charge in [0.05, 0.1) is 22.7 Å². The fourth-order valence-corrected chi connectivity index (χ4v) is 5.74. The van der Waals surface area contributed by atoms with E-state index >= 15 is 0 Å². The van der Waals surface area contributed by atoms with Gasteiger partial charge in [-0.25, -0.2) is 13.2 Å². The number of rotatable bonds is 7. The second kappa shape index (κ2) is 9.46. The van der Waals surface area contributed by atoms with Crippen LogP contribution >= 0.6 is 0 Å². The van der Waals surface area contributed by atoms with Crippen LogP contribution in [0.25, 0.3) is 0 Å². The highest BCUT2D eigenvalue weighted by molar-refractivity contribution is 7.92. The Bertz CT molecular complexity index is 1220. The summed E-state index contributed by atoms with van der Waals surface area (Å²) in [6.45, 7) is 1.21. The molecule has 2 aromatic carbocycles. The van der Waals surface area contributed by atoms with Crippen molar-refractivity contribution < 1.29 is 27.5 Å². The average molecular weight is 486 g/mol. The Hall–Kier alpha value is -3.40. The van der Waals surface area contributed by atoms with Gasteiger partial charge in [0.1, 0.15) is 5.54 Å². The molecular weight excluding hydrogens is 458 g/mol. The molecule has 0 aromatic heterocycles. The number of anilines is 3. The summed E-state index contributed by atoms with van der Waals surface area (Å²) < 4.78 is 31.7. The smallest absolute Gasteiger partial charge is 0.338 e. The van der Waals surface area contributed by atoms with E-state index in [1.54, 1.807) is 31.2 Å². The van der Waals surface area contributed by atoms with Gasteiger partial charge in [0, 0.05) is 5.69 Å². The van der Waals surface area contributed by atoms with Crippen molar-refractivity contribution in [1.29, 1.82) is 0 Å². The minimum Gasteiger partial charge on any atom is -0.452 e. The molecule has 34 heavy (non-hydrogen) atoms. The topological polar surface area (TPSA) is 122 Å². The number of fused-ring (bicyclic) bond motifs is 1. The van der Waals surface area contributed by atoms with Crippen LogP contribution in [-0.2, 0) is 24.3 Å². The molecule has 2 aliphatic rings. The molecule has 0 unspecified atom stereocenters. The number of ether oxygens (including phenoxy) is 1. The van der Waals surface area contributed by atoms with E-state index in [0.29, 0.717) is 30.6 Å². The number of sulfonamides is 1. The first kappa shape index (κ1) is 23.7. The Labute approximate surface area is 198 Å². The van der Waals surface area contributed by atoms with Gasteiger partial charge < -0.3 is 10.1 Å². The van der Waals surface area contributed by atoms with Crippen molar-refractivity contribution in [1.82, 2.24) is 0 Å². The summed E-state index contributed by atoms with van der Waals surface area (Å²) in [5, 5.41) is 2.91. The van der Waals surface area contributed by atoms with Crippen LogP contribution < -0.4 is 14.9 Å². The van der Waals surface area contributed by atoms with E-state index in [2.05, 4.69) is 10.0 Å². The SMILES string of the molecule is CCCS(=O)(=O)Nc1cccc(C(=O)OCC(=O)N2c3ccccc3NC(=O)C23CCCC3)c1. The van der Waals surface area contributed by atoms with Crippen molar-refractivity contribution in [2.24, 2.45) is 0 Å². The van der Waals surface area contributed by atoms with Crippen LogP contribution in [0.5, 0.6) is 0 Å². The predicted molar refractivity (Wildman–Crippen MR) is 128 cm³/mol. The van der Waals surface area contributed by atoms with Gasteiger partial charge in [-0.1, -0.05) is 38.0 Å². The molecule has 9 nitrogen and oxygen atoms in total. The van der Waals surface area contributed by atoms with Gasteiger partial charge in [0.15, 0.2) is 6.61 Å². The highest BCUT2D eigenvalue weighted by atomic mass is 32.2. The Morgan fingerprint density at radius 3 is 2.59 bits per heavy atom. The van der Waals surface area contributed by atoms with E-state index in [1.165, 1.54) is 29.2 Å². The first-order chi connectivity index (χ1) is 16.3. The largest absolute Gasteiger partial charge is 0.452 e. The van der Waals surface area contributed by atoms with E-state index in [1.807, 2.05) is 0 Å². The molecule has 1 aliphatic heterocycles. The lowest BCUT2D eigenvalue weighted by atomic mass is 9.90. The number of nitrogens with zero attached hydrogens (tertiary/aromatic N) is 1. The minimum atomic E-state index is -3.51. The van der Waals surface area contributed by atoms with Crippen LogP contribution in [-0.4, -0.2) is 44.1 Å². The molecule has 2 aromatic rings. The third-order valence-corrected chi connectivity index (χ3v) is 7.59. The Morgan fingerprint density at radius 1 is 1.12 bits per heavy atom. The van der Waals surface area contributed by atoms with Gasteiger partial charge in [0.2, 0.25) is 10.0 Å². The molecule has 1 aliphatic carbocycles. The number of carbonyl (C=O) groups excluding carboxylic acids is 3. The molecule has 1 spiro atoms. The number of para-hydroxylation sites is 2. The summed E-state index contributed by atoms with van der Waals surface area (Å²) in [6, 6.07) is 13.0. The third-order valence-electron chi connectivity index (χ3n) is 6.10. The van der Waals surface area contributed by atoms with Gasteiger partial charge in [0.25, 0.3) is 11.8 Å². The predicted octanol–water partition coefficient (Wildman–Crippen LogP) is 3.29. The van der Waals surface area contributed by atoms with E-state index in [4.69, 9.17) is 4.74 Å². The summed E-state index contributed by atoms with van der Waals surface area (Å²) in [5.41, 5.74) is 0.474. The lowest BCUT2D eigenvalue weighted by Crippen LogP contribution is -2.61. The van der Waals surface area contributed by atoms with Crippen molar-refractivity contribution in [3.05, 3.63) is 54.1 Å². The van der Waals surface area contributed by atoms with Gasteiger partial charge in [-0.3, -0.25) is 19.2 Å². The van der Waals surface area contributed by atoms with Gasteiger partial charge in [-0.2, -0.15) is 0 Å². The van der Waals surface area contributed by atoms with Crippen LogP contribution in [0.3, 0.4) is 0 Å². The van der Waals surface area contributed by atoms with Crippen molar-refractivity contribution in [2.45, 2.75) is 44.6 Å². The first-order valence-electron chi connectivity index (χ1n) is 11.3. The standard InChI is InChI=1S/C24H27N3O6S/c1-2-14-34(31,32)26-18-9-7-8-17(15-18)22(29)33-16-21(28)27-20-11-4-3-10-19(20)25-23(30)24(27)12-5-6-13-24/h3-4,7-11,15,26H,2,5-6,12-14,16H2,1H3,(H,25,30). The van der Waals surface area contributed by atoms with Crippen LogP contribution in [0, 0.1) is 0 Å². The molecule has 4 rings (SSSR count). The number of esters is 1. The third kappa shape index (κ3) is 4.63. The molecule has 0 atom stereocenters. The number of hydrogen-bond donors (Lipinski definition) is 2. The molecule has 2 N–H and O–H groups in total. The van der Waals surface area contributed by atoms with Crippen molar-refractivity contribution in [3.8, 4) is 0 Å². The lowest BCUT2D eigenvalue weighted by Gasteiger charge is -2.44. The maximum Gasteiger partial charge on any atom is 0.338 e. The van der Waals surface area contributed by atoms with Gasteiger partial charge in [-0.15, -0.1) is 0 Å². The average Bonchev–Trinajstić information content (AvgIpc) is 3.28. The summed E-state index contributed by atoms with van der Waals surface area (Å²) in [7, 11) is -3.51. The van der Waals surface area contributed by atoms with E-state index in [-0.39, 0.29) is 22.9 Å². The van der Waals surface area contributed by atoms with E-state index in [0.717, 1.165) is 12.8 Å². The molecule has 10 heteroatoms. The molecule has 0 bridgehead atoms. The van der Waals surface area contributed by atoms with Crippen LogP contribution in [0.4, 0.5) is 17.1 Å². The highest BCUT2D eigenvalue weighted by Crippen LogP contribution is 2.45. The van der Waals surface area contributed by atoms with Crippen molar-refractivity contribution in [3.63, 3.8) is 0 Å². The summed E-state index contributed by atoms with van der Waals surface area (Å²) >= 11 is 0. The highest BCUT2D eigenvalue weighted by Gasteiger charge is 2.52. The second-order valence-corrected chi connectivity index (χ2v) is 10.4. The van der Waals surface area contributed by atoms with Gasteiger partial charge in [-0.05, 0) is 49.6 Å². The summed E-state index contributed by atoms with van der Waals surface area (Å²) in [5.74, 6) is -1.52. The molecule has 1 heterocycles. The molecule has 2 amide bonds. The number of benzene rings is 2. The molecule has 0 saturated heterocycles. The molecular formula is C24H27N3O6S. The molecule has 1 saturated carbocycles. The monoisotopic (exact) mass is 485 g/mol. The van der Waals surface area contributed by atoms with E-state index in [9.17, 15) is 22.8 Å². The van der Waals surface area contributed by atoms with Crippen molar-refractivity contribution >= 4 is 44.9 Å². The Balaban J connectivity index is 1.51. The van der Waals surface area contributed by atoms with Crippen LogP contribution in [0.1, 0.15) is 49.4 Å². The zero-order valence-electron chi connectivity index (χ0n) is 18.9. The molecule has 180 valence electrons. The first-order valence-corrected chi connectivity index (χ1v) is 12.9. The molecule has 0 radical (unpaired) electrons. The number of hydrogen-bond acceptors (Lipinski definition) is 6. The number of nitrogens with one attached hydrogen (secondary N) is 2. The fourth-order valence-electron chi connectivity index (χ4n) is 4.61. The quantitative estimate of drug-likeness (QED) is 0.581. The van der Waals surface area contributed by atoms with Crippen LogP contribution in [0.2, 0.25) is 0 Å². The zero-order chi connectivity index (χ0) is 24.3. The maximum absolute atomic E-state index is 13.3. The number of amides is 2. The zero-order valence-corrected chi connectivity index (χ0v) is 19.7. The molecule has 1 fully saturated rings. The van der Waals surface area contributed by atoms with E-state index < -0.39 is 34.0 Å². The maximum atomic E-state index is 13.3.